The van der Waals surface area contributed by atoms with Crippen LogP contribution in [0, 0.1) is 0 Å². The number of benzene rings is 3. The highest BCUT2D eigenvalue weighted by Gasteiger charge is 2.35. The van der Waals surface area contributed by atoms with Gasteiger partial charge in [-0.1, -0.05) is 41.9 Å². The van der Waals surface area contributed by atoms with Gasteiger partial charge in [-0.2, -0.15) is 0 Å². The molecule has 0 saturated carbocycles. The average molecular weight is 462 g/mol. The molecule has 0 spiro atoms. The van der Waals surface area contributed by atoms with E-state index >= 15 is 0 Å². The Labute approximate surface area is 197 Å². The lowest BCUT2D eigenvalue weighted by molar-refractivity contribution is -0.117. The zero-order valence-electron chi connectivity index (χ0n) is 18.3. The van der Waals surface area contributed by atoms with E-state index in [2.05, 4.69) is 10.6 Å². The first-order chi connectivity index (χ1) is 16.1. The van der Waals surface area contributed by atoms with Gasteiger partial charge in [0.25, 0.3) is 0 Å². The van der Waals surface area contributed by atoms with Crippen molar-refractivity contribution in [3.63, 3.8) is 0 Å². The van der Waals surface area contributed by atoms with Crippen LogP contribution in [0.2, 0.25) is 5.02 Å². The second-order valence-corrected chi connectivity index (χ2v) is 8.40. The number of aromatic nitrogens is 2. The Morgan fingerprint density at radius 2 is 1.82 bits per heavy atom. The van der Waals surface area contributed by atoms with Crippen LogP contribution in [-0.4, -0.2) is 35.7 Å². The molecule has 1 aliphatic rings. The minimum atomic E-state index is -0.0520. The average Bonchev–Trinajstić information content (AvgIpc) is 3.41. The summed E-state index contributed by atoms with van der Waals surface area (Å²) in [5.41, 5.74) is 2.62. The summed E-state index contributed by atoms with van der Waals surface area (Å²) in [7, 11) is 1.60. The molecule has 1 amide bonds. The lowest BCUT2D eigenvalue weighted by Gasteiger charge is -2.19. The Kier molecular flexibility index (Phi) is 5.92. The first kappa shape index (κ1) is 21.3. The van der Waals surface area contributed by atoms with Gasteiger partial charge in [0.1, 0.15) is 23.9 Å². The Balaban J connectivity index is 1.42. The molecule has 0 aliphatic carbocycles. The van der Waals surface area contributed by atoms with Crippen LogP contribution in [0.5, 0.6) is 11.5 Å². The third-order valence-corrected chi connectivity index (χ3v) is 6.26. The van der Waals surface area contributed by atoms with Crippen molar-refractivity contribution in [1.82, 2.24) is 9.55 Å². The number of anilines is 1. The summed E-state index contributed by atoms with van der Waals surface area (Å²) in [5.74, 6) is 2.36. The highest BCUT2D eigenvalue weighted by molar-refractivity contribution is 6.34. The molecular formula is C26H24ClN3O3. The molecule has 168 valence electrons. The smallest absolute Gasteiger partial charge is 0.227 e. The zero-order valence-corrected chi connectivity index (χ0v) is 19.0. The van der Waals surface area contributed by atoms with Gasteiger partial charge >= 0.3 is 0 Å². The van der Waals surface area contributed by atoms with Crippen molar-refractivity contribution in [3.05, 3.63) is 83.6 Å². The van der Waals surface area contributed by atoms with Gasteiger partial charge < -0.3 is 18.9 Å². The molecule has 5 rings (SSSR count). The van der Waals surface area contributed by atoms with Crippen molar-refractivity contribution >= 4 is 34.2 Å². The molecule has 6 nitrogen and oxygen atoms in total. The number of rotatable bonds is 7. The summed E-state index contributed by atoms with van der Waals surface area (Å²) in [6.45, 7) is 1.65. The summed E-state index contributed by atoms with van der Waals surface area (Å²) in [6, 6.07) is 23.1. The number of hydrogen-bond acceptors (Lipinski definition) is 4. The van der Waals surface area contributed by atoms with Crippen molar-refractivity contribution in [2.45, 2.75) is 18.9 Å². The van der Waals surface area contributed by atoms with Gasteiger partial charge in [0.05, 0.1) is 35.4 Å². The van der Waals surface area contributed by atoms with Gasteiger partial charge in [-0.05, 0) is 36.4 Å². The van der Waals surface area contributed by atoms with E-state index in [1.807, 2.05) is 48.5 Å². The Morgan fingerprint density at radius 3 is 2.64 bits per heavy atom. The van der Waals surface area contributed by atoms with Crippen LogP contribution < -0.4 is 14.4 Å². The number of nitrogens with zero attached hydrogens (tertiary/aromatic N) is 3. The van der Waals surface area contributed by atoms with E-state index in [4.69, 9.17) is 26.1 Å². The van der Waals surface area contributed by atoms with Gasteiger partial charge in [-0.15, -0.1) is 0 Å². The number of amides is 1. The second-order valence-electron chi connectivity index (χ2n) is 7.99. The van der Waals surface area contributed by atoms with Gasteiger partial charge in [-0.3, -0.25) is 4.79 Å². The molecule has 0 bridgehead atoms. The fourth-order valence-corrected chi connectivity index (χ4v) is 4.57. The third kappa shape index (κ3) is 4.26. The zero-order chi connectivity index (χ0) is 22.8. The number of fused-ring (bicyclic) bond motifs is 1. The van der Waals surface area contributed by atoms with Crippen LogP contribution in [0.4, 0.5) is 5.69 Å². The molecule has 1 saturated heterocycles. The summed E-state index contributed by atoms with van der Waals surface area (Å²) in [5, 5.41) is 0.523. The van der Waals surface area contributed by atoms with Gasteiger partial charge in [0, 0.05) is 24.9 Å². The minimum Gasteiger partial charge on any atom is -0.497 e. The van der Waals surface area contributed by atoms with E-state index in [1.165, 1.54) is 0 Å². The first-order valence-electron chi connectivity index (χ1n) is 10.9. The summed E-state index contributed by atoms with van der Waals surface area (Å²) in [4.78, 5) is 19.6. The minimum absolute atomic E-state index is 0.0225. The van der Waals surface area contributed by atoms with E-state index in [0.717, 1.165) is 22.6 Å². The van der Waals surface area contributed by atoms with Crippen molar-refractivity contribution in [3.8, 4) is 11.5 Å². The first-order valence-corrected chi connectivity index (χ1v) is 11.3. The summed E-state index contributed by atoms with van der Waals surface area (Å²) in [6.07, 6.45) is 0.371. The maximum atomic E-state index is 13.0. The lowest BCUT2D eigenvalue weighted by atomic mass is 10.1. The maximum Gasteiger partial charge on any atom is 0.227 e. The number of carbonyl (C=O) groups is 1. The predicted molar refractivity (Wildman–Crippen MR) is 129 cm³/mol. The molecule has 3 aromatic carbocycles. The predicted octanol–water partition coefficient (Wildman–Crippen LogP) is 5.30. The molecule has 4 aromatic rings. The van der Waals surface area contributed by atoms with Crippen molar-refractivity contribution < 1.29 is 14.3 Å². The number of hydrogen-bond donors (Lipinski definition) is 0. The molecule has 0 N–H and O–H groups in total. The number of ether oxygens (including phenoxy) is 2. The largest absolute Gasteiger partial charge is 0.497 e. The van der Waals surface area contributed by atoms with Gasteiger partial charge in [0.15, 0.2) is 0 Å². The second kappa shape index (κ2) is 9.16. The molecule has 1 atom stereocenters. The van der Waals surface area contributed by atoms with Crippen LogP contribution in [0.1, 0.15) is 18.2 Å². The quantitative estimate of drug-likeness (QED) is 0.375. The number of para-hydroxylation sites is 3. The van der Waals surface area contributed by atoms with E-state index in [1.54, 1.807) is 30.2 Å². The van der Waals surface area contributed by atoms with E-state index in [9.17, 15) is 4.79 Å². The van der Waals surface area contributed by atoms with E-state index < -0.39 is 0 Å². The molecule has 1 aliphatic heterocycles. The topological polar surface area (TPSA) is 56.6 Å². The highest BCUT2D eigenvalue weighted by Crippen LogP contribution is 2.37. The molecule has 0 unspecified atom stereocenters. The number of carbonyl (C=O) groups excluding carboxylic acids is 1. The monoisotopic (exact) mass is 461 g/mol. The standard InChI is InChI=1S/C26H24ClN3O3/c1-32-20-11-12-21(27)24(16-20)30-17-18(15-25(30)31)26-28-22-9-5-6-10-23(22)29(26)13-14-33-19-7-3-2-4-8-19/h2-12,16,18H,13-15,17H2,1H3/t18-/m0/s1. The van der Waals surface area contributed by atoms with Crippen molar-refractivity contribution in [2.24, 2.45) is 0 Å². The maximum absolute atomic E-state index is 13.0. The lowest BCUT2D eigenvalue weighted by Crippen LogP contribution is -2.25. The van der Waals surface area contributed by atoms with E-state index in [-0.39, 0.29) is 11.8 Å². The normalized spacial score (nSPS) is 15.9. The van der Waals surface area contributed by atoms with Gasteiger partial charge in [-0.25, -0.2) is 4.98 Å². The van der Waals surface area contributed by atoms with E-state index in [0.29, 0.717) is 42.6 Å². The molecule has 1 aromatic heterocycles. The fourth-order valence-electron chi connectivity index (χ4n) is 4.35. The molecule has 7 heteroatoms. The molecule has 2 heterocycles. The Hall–Kier alpha value is -3.51. The fraction of sp³-hybridized carbons (Fsp3) is 0.231. The number of halogens is 1. The summed E-state index contributed by atoms with van der Waals surface area (Å²) >= 11 is 6.43. The van der Waals surface area contributed by atoms with Crippen LogP contribution in [0.15, 0.2) is 72.8 Å². The SMILES string of the molecule is COc1ccc(Cl)c(N2C[C@@H](c3nc4ccccc4n3CCOc3ccccc3)CC2=O)c1. The van der Waals surface area contributed by atoms with Crippen LogP contribution in [0.25, 0.3) is 11.0 Å². The van der Waals surface area contributed by atoms with Crippen molar-refractivity contribution in [1.29, 1.82) is 0 Å². The third-order valence-electron chi connectivity index (χ3n) is 5.95. The van der Waals surface area contributed by atoms with Crippen LogP contribution >= 0.6 is 11.6 Å². The Morgan fingerprint density at radius 1 is 1.03 bits per heavy atom. The molecule has 33 heavy (non-hydrogen) atoms. The molecule has 0 radical (unpaired) electrons. The highest BCUT2D eigenvalue weighted by atomic mass is 35.5. The number of methoxy groups -OCH3 is 1. The van der Waals surface area contributed by atoms with Crippen LogP contribution in [-0.2, 0) is 11.3 Å². The summed E-state index contributed by atoms with van der Waals surface area (Å²) < 4.78 is 13.4. The molecular weight excluding hydrogens is 438 g/mol. The van der Waals surface area contributed by atoms with Crippen molar-refractivity contribution in [2.75, 3.05) is 25.2 Å². The van der Waals surface area contributed by atoms with Gasteiger partial charge in [0.2, 0.25) is 5.91 Å². The Bertz CT molecular complexity index is 1290. The number of imidazole rings is 1. The van der Waals surface area contributed by atoms with Crippen LogP contribution in [0.3, 0.4) is 0 Å². The molecule has 1 fully saturated rings.